The van der Waals surface area contributed by atoms with Gasteiger partial charge in [-0.1, -0.05) is 60.7 Å². The third-order valence-electron chi connectivity index (χ3n) is 2.12. The van der Waals surface area contributed by atoms with Gasteiger partial charge in [0.2, 0.25) is 0 Å². The van der Waals surface area contributed by atoms with Gasteiger partial charge in [0.1, 0.15) is 0 Å². The molecule has 0 aliphatic rings. The van der Waals surface area contributed by atoms with Gasteiger partial charge in [0, 0.05) is 6.92 Å². The Balaban J connectivity index is 2.32. The molecule has 0 saturated carbocycles. The van der Waals surface area contributed by atoms with E-state index in [0.717, 1.165) is 5.56 Å². The first-order valence-electron chi connectivity index (χ1n) is 5.91. The molecule has 0 atom stereocenters. The fraction of sp³-hybridized carbons (Fsp3) is 0.125. The van der Waals surface area contributed by atoms with Crippen LogP contribution in [0.2, 0.25) is 0 Å². The van der Waals surface area contributed by atoms with Crippen molar-refractivity contribution in [3.8, 4) is 0 Å². The first-order chi connectivity index (χ1) is 9.18. The summed E-state index contributed by atoms with van der Waals surface area (Å²) in [5.74, 6) is -0.110. The number of hydrogen-bond acceptors (Lipinski definition) is 3. The smallest absolute Gasteiger partial charge is 0.193 e. The molecule has 2 nitrogen and oxygen atoms in total. The summed E-state index contributed by atoms with van der Waals surface area (Å²) in [6.07, 6.45) is 10.7. The van der Waals surface area contributed by atoms with E-state index < -0.39 is 0 Å². The van der Waals surface area contributed by atoms with Crippen molar-refractivity contribution < 1.29 is 9.53 Å². The minimum Gasteiger partial charge on any atom is -0.479 e. The Morgan fingerprint density at radius 2 is 1.84 bits per heavy atom. The number of hydrogen-bond donors (Lipinski definition) is 0. The Morgan fingerprint density at radius 1 is 1.16 bits per heavy atom. The number of allylic oxidation sites excluding steroid dienone is 4. The highest BCUT2D eigenvalue weighted by Gasteiger charge is 1.95. The highest BCUT2D eigenvalue weighted by molar-refractivity contribution is 7.80. The maximum Gasteiger partial charge on any atom is 0.193 e. The lowest BCUT2D eigenvalue weighted by Gasteiger charge is -1.97. The number of carbonyl (C=O) groups excluding carboxylic acids is 1. The highest BCUT2D eigenvalue weighted by Crippen LogP contribution is 2.00. The molecule has 1 aromatic carbocycles. The van der Waals surface area contributed by atoms with Crippen molar-refractivity contribution in [2.75, 3.05) is 6.61 Å². The van der Waals surface area contributed by atoms with Crippen molar-refractivity contribution in [1.82, 2.24) is 0 Å². The summed E-state index contributed by atoms with van der Waals surface area (Å²) in [7, 11) is 0. The summed E-state index contributed by atoms with van der Waals surface area (Å²) in [6.45, 7) is 1.64. The van der Waals surface area contributed by atoms with E-state index in [9.17, 15) is 4.79 Å². The first-order valence-corrected chi connectivity index (χ1v) is 6.32. The molecule has 98 valence electrons. The predicted molar refractivity (Wildman–Crippen MR) is 83.0 cm³/mol. The van der Waals surface area contributed by atoms with Gasteiger partial charge in [-0.3, -0.25) is 4.79 Å². The minimum absolute atomic E-state index is 0.000468. The molecule has 0 unspecified atom stereocenters. The average Bonchev–Trinajstić information content (AvgIpc) is 2.41. The maximum absolute atomic E-state index is 11.3. The van der Waals surface area contributed by atoms with E-state index in [1.807, 2.05) is 48.6 Å². The second-order valence-electron chi connectivity index (χ2n) is 3.76. The van der Waals surface area contributed by atoms with E-state index in [0.29, 0.717) is 5.05 Å². The van der Waals surface area contributed by atoms with Crippen LogP contribution in [0.25, 0.3) is 6.08 Å². The largest absolute Gasteiger partial charge is 0.479 e. The molecule has 0 spiro atoms. The monoisotopic (exact) mass is 272 g/mol. The van der Waals surface area contributed by atoms with Gasteiger partial charge in [0.25, 0.3) is 0 Å². The van der Waals surface area contributed by atoms with Gasteiger partial charge in [-0.25, -0.2) is 0 Å². The molecule has 1 aromatic rings. The van der Waals surface area contributed by atoms with Crippen LogP contribution in [0.4, 0.5) is 0 Å². The third-order valence-corrected chi connectivity index (χ3v) is 2.24. The zero-order chi connectivity index (χ0) is 13.9. The molecule has 0 aliphatic carbocycles. The van der Waals surface area contributed by atoms with Crippen LogP contribution in [0.5, 0.6) is 0 Å². The summed E-state index contributed by atoms with van der Waals surface area (Å²) >= 11 is 4.71. The van der Waals surface area contributed by atoms with Crippen LogP contribution in [0.1, 0.15) is 12.5 Å². The Kier molecular flexibility index (Phi) is 7.13. The molecule has 0 heterocycles. The van der Waals surface area contributed by atoms with Crippen LogP contribution in [0.3, 0.4) is 0 Å². The van der Waals surface area contributed by atoms with E-state index in [1.165, 1.54) is 6.08 Å². The number of rotatable bonds is 6. The van der Waals surface area contributed by atoms with E-state index in [-0.39, 0.29) is 12.4 Å². The summed E-state index contributed by atoms with van der Waals surface area (Å²) in [5, 5.41) is 0.378. The van der Waals surface area contributed by atoms with E-state index in [4.69, 9.17) is 17.0 Å². The molecule has 0 aliphatic heterocycles. The second-order valence-corrected chi connectivity index (χ2v) is 4.34. The molecule has 0 saturated heterocycles. The molecular weight excluding hydrogens is 256 g/mol. The molecule has 0 fully saturated rings. The average molecular weight is 272 g/mol. The van der Waals surface area contributed by atoms with Crippen LogP contribution in [0.15, 0.2) is 60.7 Å². The maximum atomic E-state index is 11.3. The first kappa shape index (κ1) is 15.1. The summed E-state index contributed by atoms with van der Waals surface area (Å²) in [5.41, 5.74) is 1.14. The second kappa shape index (κ2) is 9.00. The number of benzene rings is 1. The normalized spacial score (nSPS) is 11.4. The molecule has 1 rings (SSSR count). The van der Waals surface area contributed by atoms with Gasteiger partial charge in [-0.2, -0.15) is 0 Å². The third kappa shape index (κ3) is 7.84. The highest BCUT2D eigenvalue weighted by atomic mass is 32.1. The van der Waals surface area contributed by atoms with Crippen molar-refractivity contribution >= 4 is 29.1 Å². The molecule has 0 N–H and O–H groups in total. The molecule has 3 heteroatoms. The lowest BCUT2D eigenvalue weighted by atomic mass is 10.2. The van der Waals surface area contributed by atoms with Crippen LogP contribution < -0.4 is 0 Å². The Morgan fingerprint density at radius 3 is 2.53 bits per heavy atom. The standard InChI is InChI=1S/C16H16O2S/c1-14(19)18-13-16(17)12-8-3-2-5-9-15-10-6-4-7-11-15/h2-12H,13H2,1H3. The Hall–Kier alpha value is -2.00. The molecule has 0 radical (unpaired) electrons. The van der Waals surface area contributed by atoms with Crippen molar-refractivity contribution in [2.24, 2.45) is 0 Å². The minimum atomic E-state index is -0.110. The molecule has 19 heavy (non-hydrogen) atoms. The summed E-state index contributed by atoms with van der Waals surface area (Å²) < 4.78 is 4.93. The van der Waals surface area contributed by atoms with Gasteiger partial charge < -0.3 is 4.74 Å². The fourth-order valence-corrected chi connectivity index (χ4v) is 1.30. The fourth-order valence-electron chi connectivity index (χ4n) is 1.24. The number of ketones is 1. The lowest BCUT2D eigenvalue weighted by molar-refractivity contribution is -0.116. The van der Waals surface area contributed by atoms with Crippen LogP contribution in [-0.2, 0) is 9.53 Å². The van der Waals surface area contributed by atoms with Gasteiger partial charge in [0.15, 0.2) is 17.4 Å². The van der Waals surface area contributed by atoms with E-state index in [2.05, 4.69) is 0 Å². The van der Waals surface area contributed by atoms with Gasteiger partial charge >= 0.3 is 0 Å². The lowest BCUT2D eigenvalue weighted by Crippen LogP contribution is -2.07. The molecule has 0 aromatic heterocycles. The zero-order valence-corrected chi connectivity index (χ0v) is 11.6. The topological polar surface area (TPSA) is 26.3 Å². The van der Waals surface area contributed by atoms with Crippen LogP contribution in [-0.4, -0.2) is 17.4 Å². The molecular formula is C16H16O2S. The van der Waals surface area contributed by atoms with E-state index >= 15 is 0 Å². The number of thiocarbonyl (C=S) groups is 1. The van der Waals surface area contributed by atoms with Crippen molar-refractivity contribution in [3.63, 3.8) is 0 Å². The van der Waals surface area contributed by atoms with Crippen molar-refractivity contribution in [3.05, 3.63) is 66.3 Å². The predicted octanol–water partition coefficient (Wildman–Crippen LogP) is 3.75. The SMILES string of the molecule is CC(=S)OCC(=O)C=CC=CC=Cc1ccccc1. The zero-order valence-electron chi connectivity index (χ0n) is 10.8. The van der Waals surface area contributed by atoms with Gasteiger partial charge in [-0.05, 0) is 23.9 Å². The quantitative estimate of drug-likeness (QED) is 0.448. The Bertz CT molecular complexity index is 499. The summed E-state index contributed by atoms with van der Waals surface area (Å²) in [4.78, 5) is 11.3. The van der Waals surface area contributed by atoms with Gasteiger partial charge in [0.05, 0.1) is 0 Å². The number of carbonyl (C=O) groups is 1. The summed E-state index contributed by atoms with van der Waals surface area (Å²) in [6, 6.07) is 10.00. The molecule has 0 amide bonds. The van der Waals surface area contributed by atoms with Crippen molar-refractivity contribution in [1.29, 1.82) is 0 Å². The number of ether oxygens (including phenoxy) is 1. The molecule has 0 bridgehead atoms. The van der Waals surface area contributed by atoms with E-state index in [1.54, 1.807) is 19.1 Å². The van der Waals surface area contributed by atoms with Crippen molar-refractivity contribution in [2.45, 2.75) is 6.92 Å². The van der Waals surface area contributed by atoms with Crippen LogP contribution >= 0.6 is 12.2 Å². The Labute approximate surface area is 119 Å². The van der Waals surface area contributed by atoms with Crippen LogP contribution in [0, 0.1) is 0 Å². The van der Waals surface area contributed by atoms with Gasteiger partial charge in [-0.15, -0.1) is 0 Å².